The average Bonchev–Trinajstić information content (AvgIpc) is 2.24. The Morgan fingerprint density at radius 2 is 2.38 bits per heavy atom. The third-order valence-corrected chi connectivity index (χ3v) is 2.05. The molecule has 1 rings (SSSR count). The molecular formula is C11H15FN2O2. The van der Waals surface area contributed by atoms with Crippen LogP contribution in [0.5, 0.6) is 0 Å². The summed E-state index contributed by atoms with van der Waals surface area (Å²) in [4.78, 5) is 15.0. The number of halogens is 1. The van der Waals surface area contributed by atoms with E-state index in [0.717, 1.165) is 12.3 Å². The maximum absolute atomic E-state index is 12.7. The van der Waals surface area contributed by atoms with Crippen molar-refractivity contribution in [3.63, 3.8) is 0 Å². The summed E-state index contributed by atoms with van der Waals surface area (Å²) in [6, 6.07) is 1.14. The number of aliphatic hydroxyl groups excluding tert-OH is 1. The predicted molar refractivity (Wildman–Crippen MR) is 57.4 cm³/mol. The minimum absolute atomic E-state index is 0.206. The molecule has 1 atom stereocenters. The van der Waals surface area contributed by atoms with Crippen molar-refractivity contribution in [2.45, 2.75) is 25.9 Å². The summed E-state index contributed by atoms with van der Waals surface area (Å²) < 4.78 is 12.7. The zero-order chi connectivity index (χ0) is 12.0. The SMILES string of the molecule is CC(O)CCCNC(=O)c1cncc(F)c1. The fourth-order valence-corrected chi connectivity index (χ4v) is 1.24. The van der Waals surface area contributed by atoms with Crippen LogP contribution in [0.2, 0.25) is 0 Å². The largest absolute Gasteiger partial charge is 0.393 e. The molecule has 88 valence electrons. The lowest BCUT2D eigenvalue weighted by Crippen LogP contribution is -2.25. The molecule has 0 bridgehead atoms. The van der Waals surface area contributed by atoms with Gasteiger partial charge in [0.1, 0.15) is 5.82 Å². The fraction of sp³-hybridized carbons (Fsp3) is 0.455. The van der Waals surface area contributed by atoms with E-state index in [1.165, 1.54) is 6.20 Å². The third-order valence-electron chi connectivity index (χ3n) is 2.05. The molecule has 1 amide bonds. The van der Waals surface area contributed by atoms with Gasteiger partial charge in [-0.1, -0.05) is 0 Å². The second-order valence-electron chi connectivity index (χ2n) is 3.64. The van der Waals surface area contributed by atoms with Crippen molar-refractivity contribution >= 4 is 5.91 Å². The Hall–Kier alpha value is -1.49. The number of hydrogen-bond acceptors (Lipinski definition) is 3. The van der Waals surface area contributed by atoms with Crippen LogP contribution in [0.1, 0.15) is 30.1 Å². The van der Waals surface area contributed by atoms with Gasteiger partial charge in [0.2, 0.25) is 0 Å². The lowest BCUT2D eigenvalue weighted by Gasteiger charge is -2.06. The maximum Gasteiger partial charge on any atom is 0.252 e. The fourth-order valence-electron chi connectivity index (χ4n) is 1.24. The Kier molecular flexibility index (Phi) is 4.85. The zero-order valence-corrected chi connectivity index (χ0v) is 9.11. The van der Waals surface area contributed by atoms with Crippen molar-refractivity contribution in [2.75, 3.05) is 6.54 Å². The first-order valence-electron chi connectivity index (χ1n) is 5.16. The predicted octanol–water partition coefficient (Wildman–Crippen LogP) is 1.11. The van der Waals surface area contributed by atoms with Crippen molar-refractivity contribution < 1.29 is 14.3 Å². The molecule has 1 heterocycles. The Labute approximate surface area is 93.5 Å². The smallest absolute Gasteiger partial charge is 0.252 e. The molecule has 0 radical (unpaired) electrons. The molecule has 5 heteroatoms. The number of pyridine rings is 1. The topological polar surface area (TPSA) is 62.2 Å². The van der Waals surface area contributed by atoms with E-state index >= 15 is 0 Å². The van der Waals surface area contributed by atoms with Crippen LogP contribution in [0.15, 0.2) is 18.5 Å². The average molecular weight is 226 g/mol. The van der Waals surface area contributed by atoms with Crippen LogP contribution >= 0.6 is 0 Å². The number of hydrogen-bond donors (Lipinski definition) is 2. The Bertz CT molecular complexity index is 356. The number of aromatic nitrogens is 1. The first kappa shape index (κ1) is 12.6. The Morgan fingerprint density at radius 3 is 3.00 bits per heavy atom. The lowest BCUT2D eigenvalue weighted by molar-refractivity contribution is 0.0949. The number of nitrogens with one attached hydrogen (secondary N) is 1. The molecule has 16 heavy (non-hydrogen) atoms. The van der Waals surface area contributed by atoms with Gasteiger partial charge in [-0.2, -0.15) is 0 Å². The highest BCUT2D eigenvalue weighted by molar-refractivity contribution is 5.93. The monoisotopic (exact) mass is 226 g/mol. The molecule has 1 aromatic rings. The highest BCUT2D eigenvalue weighted by Crippen LogP contribution is 2.01. The first-order valence-corrected chi connectivity index (χ1v) is 5.16. The van der Waals surface area contributed by atoms with E-state index < -0.39 is 5.82 Å². The van der Waals surface area contributed by atoms with E-state index in [-0.39, 0.29) is 17.6 Å². The van der Waals surface area contributed by atoms with Crippen molar-refractivity contribution in [2.24, 2.45) is 0 Å². The van der Waals surface area contributed by atoms with Gasteiger partial charge in [-0.25, -0.2) is 4.39 Å². The van der Waals surface area contributed by atoms with Crippen LogP contribution in [-0.4, -0.2) is 28.6 Å². The standard InChI is InChI=1S/C11H15FN2O2/c1-8(15)3-2-4-14-11(16)9-5-10(12)7-13-6-9/h5-8,15H,2-4H2,1H3,(H,14,16). The number of amides is 1. The molecule has 0 spiro atoms. The van der Waals surface area contributed by atoms with E-state index in [1.807, 2.05) is 0 Å². The molecular weight excluding hydrogens is 211 g/mol. The number of rotatable bonds is 5. The van der Waals surface area contributed by atoms with Gasteiger partial charge in [-0.3, -0.25) is 9.78 Å². The summed E-state index contributed by atoms with van der Waals surface area (Å²) >= 11 is 0. The molecule has 0 aliphatic rings. The van der Waals surface area contributed by atoms with E-state index in [1.54, 1.807) is 6.92 Å². The van der Waals surface area contributed by atoms with Gasteiger partial charge in [-0.05, 0) is 25.8 Å². The van der Waals surface area contributed by atoms with Gasteiger partial charge >= 0.3 is 0 Å². The number of aliphatic hydroxyl groups is 1. The van der Waals surface area contributed by atoms with Gasteiger partial charge < -0.3 is 10.4 Å². The van der Waals surface area contributed by atoms with E-state index in [0.29, 0.717) is 19.4 Å². The summed E-state index contributed by atoms with van der Waals surface area (Å²) in [6.07, 6.45) is 3.30. The summed E-state index contributed by atoms with van der Waals surface area (Å²) in [5, 5.41) is 11.6. The van der Waals surface area contributed by atoms with Gasteiger partial charge in [0.05, 0.1) is 17.9 Å². The molecule has 0 aliphatic carbocycles. The highest BCUT2D eigenvalue weighted by atomic mass is 19.1. The normalized spacial score (nSPS) is 12.2. The van der Waals surface area contributed by atoms with Crippen molar-refractivity contribution in [3.8, 4) is 0 Å². The summed E-state index contributed by atoms with van der Waals surface area (Å²) in [6.45, 7) is 2.15. The Morgan fingerprint density at radius 1 is 1.62 bits per heavy atom. The minimum Gasteiger partial charge on any atom is -0.393 e. The molecule has 0 saturated carbocycles. The van der Waals surface area contributed by atoms with Gasteiger partial charge in [0.15, 0.2) is 0 Å². The van der Waals surface area contributed by atoms with Crippen molar-refractivity contribution in [3.05, 3.63) is 29.8 Å². The van der Waals surface area contributed by atoms with Crippen molar-refractivity contribution in [1.29, 1.82) is 0 Å². The summed E-state index contributed by atoms with van der Waals surface area (Å²) in [5.74, 6) is -0.880. The maximum atomic E-state index is 12.7. The minimum atomic E-state index is -0.531. The van der Waals surface area contributed by atoms with Crippen LogP contribution in [0, 0.1) is 5.82 Å². The molecule has 1 aromatic heterocycles. The molecule has 0 fully saturated rings. The second kappa shape index (κ2) is 6.17. The third kappa shape index (κ3) is 4.35. The van der Waals surface area contributed by atoms with E-state index in [9.17, 15) is 9.18 Å². The van der Waals surface area contributed by atoms with E-state index in [2.05, 4.69) is 10.3 Å². The molecule has 0 aliphatic heterocycles. The second-order valence-corrected chi connectivity index (χ2v) is 3.64. The van der Waals surface area contributed by atoms with Gasteiger partial charge in [0, 0.05) is 12.7 Å². The molecule has 2 N–H and O–H groups in total. The quantitative estimate of drug-likeness (QED) is 0.739. The molecule has 4 nitrogen and oxygen atoms in total. The molecule has 1 unspecified atom stereocenters. The lowest BCUT2D eigenvalue weighted by atomic mass is 10.2. The van der Waals surface area contributed by atoms with Crippen LogP contribution in [0.4, 0.5) is 4.39 Å². The molecule has 0 saturated heterocycles. The summed E-state index contributed by atoms with van der Waals surface area (Å²) in [5.41, 5.74) is 0.206. The first-order chi connectivity index (χ1) is 7.59. The van der Waals surface area contributed by atoms with Crippen LogP contribution in [0.25, 0.3) is 0 Å². The van der Waals surface area contributed by atoms with E-state index in [4.69, 9.17) is 5.11 Å². The molecule has 0 aromatic carbocycles. The van der Waals surface area contributed by atoms with Gasteiger partial charge in [0.25, 0.3) is 5.91 Å². The summed E-state index contributed by atoms with van der Waals surface area (Å²) in [7, 11) is 0. The van der Waals surface area contributed by atoms with Crippen LogP contribution < -0.4 is 5.32 Å². The van der Waals surface area contributed by atoms with Crippen LogP contribution in [-0.2, 0) is 0 Å². The van der Waals surface area contributed by atoms with Crippen molar-refractivity contribution in [1.82, 2.24) is 10.3 Å². The Balaban J connectivity index is 2.35. The number of nitrogens with zero attached hydrogens (tertiary/aromatic N) is 1. The highest BCUT2D eigenvalue weighted by Gasteiger charge is 2.06. The zero-order valence-electron chi connectivity index (χ0n) is 9.11. The number of carbonyl (C=O) groups is 1. The number of carbonyl (C=O) groups excluding carboxylic acids is 1. The van der Waals surface area contributed by atoms with Gasteiger partial charge in [-0.15, -0.1) is 0 Å². The van der Waals surface area contributed by atoms with Crippen LogP contribution in [0.3, 0.4) is 0 Å².